The van der Waals surface area contributed by atoms with Gasteiger partial charge in [0, 0.05) is 6.04 Å². The van der Waals surface area contributed by atoms with Crippen molar-refractivity contribution in [1.82, 2.24) is 5.32 Å². The van der Waals surface area contributed by atoms with E-state index in [1.165, 1.54) is 0 Å². The molecule has 3 aromatic carbocycles. The number of para-hydroxylation sites is 1. The topological polar surface area (TPSA) is 67.4 Å². The van der Waals surface area contributed by atoms with E-state index in [1.54, 1.807) is 31.2 Å². The van der Waals surface area contributed by atoms with Crippen molar-refractivity contribution in [2.24, 2.45) is 0 Å². The summed E-state index contributed by atoms with van der Waals surface area (Å²) < 4.78 is 5.81. The fourth-order valence-corrected chi connectivity index (χ4v) is 2.86. The maximum absolute atomic E-state index is 12.6. The number of carbonyl (C=O) groups is 2. The number of fused-ring (bicyclic) bond motifs is 1. The predicted molar refractivity (Wildman–Crippen MR) is 112 cm³/mol. The number of rotatable bonds is 6. The van der Waals surface area contributed by atoms with Gasteiger partial charge in [-0.1, -0.05) is 42.5 Å². The van der Waals surface area contributed by atoms with Crippen LogP contribution in [0.3, 0.4) is 0 Å². The molecule has 0 saturated carbocycles. The summed E-state index contributed by atoms with van der Waals surface area (Å²) in [6, 6.07) is 20.6. The number of nitrogens with one attached hydrogen (secondary N) is 2. The van der Waals surface area contributed by atoms with Gasteiger partial charge in [-0.2, -0.15) is 0 Å². The van der Waals surface area contributed by atoms with Crippen molar-refractivity contribution in [1.29, 1.82) is 0 Å². The molecular formula is C23H24N2O3. The molecule has 0 radical (unpaired) electrons. The van der Waals surface area contributed by atoms with Crippen LogP contribution in [0.2, 0.25) is 0 Å². The molecule has 2 N–H and O–H groups in total. The number of ether oxygens (including phenoxy) is 1. The first kappa shape index (κ1) is 19.4. The van der Waals surface area contributed by atoms with E-state index < -0.39 is 6.10 Å². The lowest BCUT2D eigenvalue weighted by Gasteiger charge is -2.17. The van der Waals surface area contributed by atoms with E-state index in [4.69, 9.17) is 4.74 Å². The second-order valence-electron chi connectivity index (χ2n) is 6.93. The monoisotopic (exact) mass is 376 g/mol. The number of benzene rings is 3. The third-order valence-corrected chi connectivity index (χ3v) is 4.25. The van der Waals surface area contributed by atoms with Crippen LogP contribution in [-0.4, -0.2) is 24.0 Å². The Labute approximate surface area is 164 Å². The van der Waals surface area contributed by atoms with Crippen molar-refractivity contribution in [3.63, 3.8) is 0 Å². The van der Waals surface area contributed by atoms with Gasteiger partial charge in [0.25, 0.3) is 11.8 Å². The molecule has 2 amide bonds. The Morgan fingerprint density at radius 1 is 0.857 bits per heavy atom. The Hall–Kier alpha value is -3.34. The minimum atomic E-state index is -0.720. The molecule has 28 heavy (non-hydrogen) atoms. The molecule has 3 rings (SSSR count). The zero-order chi connectivity index (χ0) is 20.1. The Balaban J connectivity index is 1.71. The van der Waals surface area contributed by atoms with Crippen molar-refractivity contribution < 1.29 is 14.3 Å². The predicted octanol–water partition coefficient (Wildman–Crippen LogP) is 4.38. The van der Waals surface area contributed by atoms with E-state index in [-0.39, 0.29) is 17.9 Å². The molecule has 3 aromatic rings. The highest BCUT2D eigenvalue weighted by Crippen LogP contribution is 2.22. The first-order valence-corrected chi connectivity index (χ1v) is 9.30. The van der Waals surface area contributed by atoms with Crippen LogP contribution >= 0.6 is 0 Å². The normalized spacial score (nSPS) is 11.9. The second kappa shape index (κ2) is 8.57. The quantitative estimate of drug-likeness (QED) is 0.671. The zero-order valence-corrected chi connectivity index (χ0v) is 16.2. The molecule has 0 aromatic heterocycles. The van der Waals surface area contributed by atoms with E-state index in [1.807, 2.05) is 56.3 Å². The molecule has 0 aliphatic carbocycles. The number of hydrogen-bond acceptors (Lipinski definition) is 3. The fraction of sp³-hybridized carbons (Fsp3) is 0.217. The summed E-state index contributed by atoms with van der Waals surface area (Å²) in [7, 11) is 0. The summed E-state index contributed by atoms with van der Waals surface area (Å²) in [5, 5.41) is 7.79. The summed E-state index contributed by atoms with van der Waals surface area (Å²) in [4.78, 5) is 25.0. The Morgan fingerprint density at radius 3 is 2.29 bits per heavy atom. The maximum Gasteiger partial charge on any atom is 0.265 e. The molecule has 0 aliphatic rings. The van der Waals surface area contributed by atoms with E-state index >= 15 is 0 Å². The van der Waals surface area contributed by atoms with Gasteiger partial charge in [-0.25, -0.2) is 0 Å². The lowest BCUT2D eigenvalue weighted by atomic mass is 10.1. The van der Waals surface area contributed by atoms with Crippen LogP contribution in [0.1, 0.15) is 31.1 Å². The second-order valence-corrected chi connectivity index (χ2v) is 6.93. The van der Waals surface area contributed by atoms with Gasteiger partial charge in [-0.15, -0.1) is 0 Å². The van der Waals surface area contributed by atoms with Crippen LogP contribution in [0.25, 0.3) is 10.8 Å². The van der Waals surface area contributed by atoms with Gasteiger partial charge in [0.2, 0.25) is 0 Å². The van der Waals surface area contributed by atoms with Crippen LogP contribution in [-0.2, 0) is 4.79 Å². The van der Waals surface area contributed by atoms with Gasteiger partial charge in [-0.3, -0.25) is 9.59 Å². The molecule has 0 saturated heterocycles. The standard InChI is InChI=1S/C23H24N2O3/c1-15(2)24-23(27)20-10-6-7-11-21(20)25-22(26)16(3)28-19-13-12-17-8-4-5-9-18(17)14-19/h4-16H,1-3H3,(H,24,27)(H,25,26). The van der Waals surface area contributed by atoms with E-state index in [0.717, 1.165) is 10.8 Å². The van der Waals surface area contributed by atoms with Crippen molar-refractivity contribution in [3.05, 3.63) is 72.3 Å². The molecule has 0 aliphatic heterocycles. The van der Waals surface area contributed by atoms with Crippen LogP contribution in [0.4, 0.5) is 5.69 Å². The average Bonchev–Trinajstić information content (AvgIpc) is 2.67. The molecule has 5 nitrogen and oxygen atoms in total. The third-order valence-electron chi connectivity index (χ3n) is 4.25. The summed E-state index contributed by atoms with van der Waals surface area (Å²) >= 11 is 0. The number of hydrogen-bond donors (Lipinski definition) is 2. The van der Waals surface area contributed by atoms with Crippen LogP contribution in [0.15, 0.2) is 66.7 Å². The lowest BCUT2D eigenvalue weighted by molar-refractivity contribution is -0.122. The first-order chi connectivity index (χ1) is 13.4. The van der Waals surface area contributed by atoms with Crippen LogP contribution < -0.4 is 15.4 Å². The fourth-order valence-electron chi connectivity index (χ4n) is 2.86. The summed E-state index contributed by atoms with van der Waals surface area (Å²) in [5.41, 5.74) is 0.877. The molecule has 0 heterocycles. The first-order valence-electron chi connectivity index (χ1n) is 9.30. The van der Waals surface area contributed by atoms with Crippen LogP contribution in [0, 0.1) is 0 Å². The number of carbonyl (C=O) groups excluding carboxylic acids is 2. The summed E-state index contributed by atoms with van der Waals surface area (Å²) in [6.07, 6.45) is -0.720. The zero-order valence-electron chi connectivity index (χ0n) is 16.2. The number of amides is 2. The molecule has 1 atom stereocenters. The van der Waals surface area contributed by atoms with E-state index in [0.29, 0.717) is 17.0 Å². The van der Waals surface area contributed by atoms with Gasteiger partial charge in [0.1, 0.15) is 5.75 Å². The molecule has 0 fully saturated rings. The van der Waals surface area contributed by atoms with Crippen molar-refractivity contribution in [2.75, 3.05) is 5.32 Å². The van der Waals surface area contributed by atoms with Gasteiger partial charge in [0.15, 0.2) is 6.10 Å². The molecule has 1 unspecified atom stereocenters. The highest BCUT2D eigenvalue weighted by atomic mass is 16.5. The summed E-state index contributed by atoms with van der Waals surface area (Å²) in [6.45, 7) is 5.46. The third kappa shape index (κ3) is 4.68. The molecular weight excluding hydrogens is 352 g/mol. The largest absolute Gasteiger partial charge is 0.481 e. The maximum atomic E-state index is 12.6. The SMILES string of the molecule is CC(C)NC(=O)c1ccccc1NC(=O)C(C)Oc1ccc2ccccc2c1. The highest BCUT2D eigenvalue weighted by molar-refractivity contribution is 6.04. The minimum absolute atomic E-state index is 0.00594. The van der Waals surface area contributed by atoms with Crippen molar-refractivity contribution in [2.45, 2.75) is 32.9 Å². The van der Waals surface area contributed by atoms with E-state index in [9.17, 15) is 9.59 Å². The van der Waals surface area contributed by atoms with Crippen LogP contribution in [0.5, 0.6) is 5.75 Å². The Kier molecular flexibility index (Phi) is 5.94. The van der Waals surface area contributed by atoms with Gasteiger partial charge >= 0.3 is 0 Å². The van der Waals surface area contributed by atoms with E-state index in [2.05, 4.69) is 10.6 Å². The molecule has 0 spiro atoms. The van der Waals surface area contributed by atoms with Gasteiger partial charge < -0.3 is 15.4 Å². The Morgan fingerprint density at radius 2 is 1.54 bits per heavy atom. The Bertz CT molecular complexity index is 998. The molecule has 0 bridgehead atoms. The smallest absolute Gasteiger partial charge is 0.265 e. The lowest BCUT2D eigenvalue weighted by Crippen LogP contribution is -2.33. The molecule has 5 heteroatoms. The average molecular weight is 376 g/mol. The summed E-state index contributed by atoms with van der Waals surface area (Å²) in [5.74, 6) is 0.0687. The minimum Gasteiger partial charge on any atom is -0.481 e. The highest BCUT2D eigenvalue weighted by Gasteiger charge is 2.19. The number of anilines is 1. The van der Waals surface area contributed by atoms with Gasteiger partial charge in [-0.05, 0) is 55.8 Å². The molecule has 144 valence electrons. The van der Waals surface area contributed by atoms with Crippen molar-refractivity contribution >= 4 is 28.3 Å². The van der Waals surface area contributed by atoms with Gasteiger partial charge in [0.05, 0.1) is 11.3 Å². The van der Waals surface area contributed by atoms with Crippen molar-refractivity contribution in [3.8, 4) is 5.75 Å².